The summed E-state index contributed by atoms with van der Waals surface area (Å²) in [5.41, 5.74) is 2.41. The van der Waals surface area contributed by atoms with Crippen molar-refractivity contribution in [3.8, 4) is 0 Å². The number of carbonyl (C=O) groups excluding carboxylic acids is 2. The highest BCUT2D eigenvalue weighted by atomic mass is 16.6. The van der Waals surface area contributed by atoms with E-state index in [0.29, 0.717) is 18.8 Å². The van der Waals surface area contributed by atoms with Gasteiger partial charge in [0.2, 0.25) is 0 Å². The number of hydrogen-bond acceptors (Lipinski definition) is 7. The van der Waals surface area contributed by atoms with Gasteiger partial charge in [0.05, 0.1) is 43.7 Å². The molecule has 1 N–H and O–H groups in total. The Morgan fingerprint density at radius 2 is 1.47 bits per heavy atom. The normalized spacial score (nSPS) is 11.6. The summed E-state index contributed by atoms with van der Waals surface area (Å²) in [5.74, 6) is -1.33. The van der Waals surface area contributed by atoms with Crippen LogP contribution in [-0.4, -0.2) is 62.8 Å². The lowest BCUT2D eigenvalue weighted by molar-refractivity contribution is 0.0305. The molecule has 0 saturated carbocycles. The molecular formula is C23H32O7. The van der Waals surface area contributed by atoms with Gasteiger partial charge in [0.1, 0.15) is 13.2 Å². The van der Waals surface area contributed by atoms with Crippen molar-refractivity contribution in [2.75, 3.05) is 39.6 Å². The van der Waals surface area contributed by atoms with E-state index in [0.717, 1.165) is 11.1 Å². The van der Waals surface area contributed by atoms with E-state index < -0.39 is 18.0 Å². The Kier molecular flexibility index (Phi) is 11.7. The van der Waals surface area contributed by atoms with Gasteiger partial charge in [-0.25, -0.2) is 9.59 Å². The van der Waals surface area contributed by atoms with Crippen molar-refractivity contribution in [1.29, 1.82) is 0 Å². The third kappa shape index (κ3) is 9.82. The summed E-state index contributed by atoms with van der Waals surface area (Å²) < 4.78 is 21.1. The van der Waals surface area contributed by atoms with E-state index in [1.54, 1.807) is 19.1 Å². The monoisotopic (exact) mass is 420 g/mol. The van der Waals surface area contributed by atoms with E-state index in [2.05, 4.69) is 13.2 Å². The first kappa shape index (κ1) is 25.6. The summed E-state index contributed by atoms with van der Waals surface area (Å²) in [7, 11) is 0. The lowest BCUT2D eigenvalue weighted by Crippen LogP contribution is -2.20. The second kappa shape index (κ2) is 13.7. The second-order valence-electron chi connectivity index (χ2n) is 7.18. The third-order valence-electron chi connectivity index (χ3n) is 3.71. The van der Waals surface area contributed by atoms with E-state index in [9.17, 15) is 14.7 Å². The predicted octanol–water partition coefficient (Wildman–Crippen LogP) is 3.11. The Hall–Kier alpha value is -2.48. The van der Waals surface area contributed by atoms with Crippen molar-refractivity contribution >= 4 is 11.9 Å². The average molecular weight is 421 g/mol. The zero-order chi connectivity index (χ0) is 22.5. The fraction of sp³-hybridized carbons (Fsp3) is 0.478. The summed E-state index contributed by atoms with van der Waals surface area (Å²) in [6.07, 6.45) is -0.503. The first-order valence-corrected chi connectivity index (χ1v) is 9.80. The maximum Gasteiger partial charge on any atom is 0.339 e. The molecule has 1 atom stereocenters. The van der Waals surface area contributed by atoms with Gasteiger partial charge in [-0.1, -0.05) is 36.4 Å². The van der Waals surface area contributed by atoms with Crippen molar-refractivity contribution in [1.82, 2.24) is 0 Å². The predicted molar refractivity (Wildman–Crippen MR) is 114 cm³/mol. The number of aliphatic hydroxyl groups is 1. The number of carbonyl (C=O) groups is 2. The van der Waals surface area contributed by atoms with E-state index in [1.165, 1.54) is 6.07 Å². The zero-order valence-corrected chi connectivity index (χ0v) is 18.1. The van der Waals surface area contributed by atoms with Crippen molar-refractivity contribution < 1.29 is 33.6 Å². The van der Waals surface area contributed by atoms with Crippen LogP contribution in [0.1, 0.15) is 47.1 Å². The molecule has 0 bridgehead atoms. The molecule has 1 aromatic rings. The summed E-state index contributed by atoms with van der Waals surface area (Å²) >= 11 is 0. The molecule has 1 rings (SSSR count). The fourth-order valence-corrected chi connectivity index (χ4v) is 2.53. The maximum absolute atomic E-state index is 12.7. The van der Waals surface area contributed by atoms with Crippen LogP contribution >= 0.6 is 0 Å². The molecule has 7 nitrogen and oxygen atoms in total. The molecule has 0 aliphatic carbocycles. The number of rotatable bonds is 14. The van der Waals surface area contributed by atoms with Crippen LogP contribution in [0.4, 0.5) is 0 Å². The van der Waals surface area contributed by atoms with Crippen LogP contribution in [0, 0.1) is 0 Å². The molecule has 1 unspecified atom stereocenters. The lowest BCUT2D eigenvalue weighted by atomic mass is 9.97. The van der Waals surface area contributed by atoms with Gasteiger partial charge in [-0.3, -0.25) is 0 Å². The first-order chi connectivity index (χ1) is 14.2. The number of esters is 2. The minimum Gasteiger partial charge on any atom is -0.460 e. The molecule has 0 aliphatic heterocycles. The molecule has 0 aromatic heterocycles. The van der Waals surface area contributed by atoms with Crippen LogP contribution in [0.3, 0.4) is 0 Å². The molecule has 0 radical (unpaired) electrons. The van der Waals surface area contributed by atoms with E-state index in [1.807, 2.05) is 13.8 Å². The molecular weight excluding hydrogens is 388 g/mol. The Bertz CT molecular complexity index is 737. The number of aliphatic hydroxyl groups excluding tert-OH is 1. The van der Waals surface area contributed by atoms with Crippen LogP contribution in [-0.2, 0) is 25.4 Å². The van der Waals surface area contributed by atoms with Crippen LogP contribution < -0.4 is 0 Å². The average Bonchev–Trinajstić information content (AvgIpc) is 2.66. The molecule has 0 fully saturated rings. The largest absolute Gasteiger partial charge is 0.460 e. The third-order valence-corrected chi connectivity index (χ3v) is 3.71. The maximum atomic E-state index is 12.7. The molecule has 0 aliphatic rings. The van der Waals surface area contributed by atoms with Gasteiger partial charge < -0.3 is 24.1 Å². The lowest BCUT2D eigenvalue weighted by Gasteiger charge is -2.15. The molecule has 0 heterocycles. The van der Waals surface area contributed by atoms with Crippen molar-refractivity contribution in [3.05, 3.63) is 59.2 Å². The van der Waals surface area contributed by atoms with Gasteiger partial charge in [-0.2, -0.15) is 0 Å². The van der Waals surface area contributed by atoms with Crippen molar-refractivity contribution in [3.63, 3.8) is 0 Å². The SMILES string of the molecule is C=C(C)COCCOC(=O)c1cccc(CC(C)O)c1C(=O)OCCOCC(=C)C. The van der Waals surface area contributed by atoms with Gasteiger partial charge in [-0.05, 0) is 38.8 Å². The Labute approximate surface area is 178 Å². The van der Waals surface area contributed by atoms with Crippen LogP contribution in [0.25, 0.3) is 0 Å². The molecule has 0 spiro atoms. The van der Waals surface area contributed by atoms with E-state index in [-0.39, 0.29) is 44.0 Å². The van der Waals surface area contributed by atoms with Gasteiger partial charge in [0, 0.05) is 0 Å². The van der Waals surface area contributed by atoms with Crippen molar-refractivity contribution in [2.24, 2.45) is 0 Å². The van der Waals surface area contributed by atoms with Crippen LogP contribution in [0.15, 0.2) is 42.5 Å². The zero-order valence-electron chi connectivity index (χ0n) is 18.1. The smallest absolute Gasteiger partial charge is 0.339 e. The standard InChI is InChI=1S/C23H32O7/c1-16(2)14-27-9-11-29-22(25)20-8-6-7-19(13-18(5)24)21(20)23(26)30-12-10-28-15-17(3)4/h6-8,18,24H,1,3,9-15H2,2,4-5H3. The molecule has 7 heteroatoms. The minimum atomic E-state index is -0.697. The summed E-state index contributed by atoms with van der Waals surface area (Å²) in [4.78, 5) is 25.3. The van der Waals surface area contributed by atoms with Crippen LogP contribution in [0.2, 0.25) is 0 Å². The molecule has 166 valence electrons. The van der Waals surface area contributed by atoms with Gasteiger partial charge >= 0.3 is 11.9 Å². The first-order valence-electron chi connectivity index (χ1n) is 9.80. The van der Waals surface area contributed by atoms with Crippen LogP contribution in [0.5, 0.6) is 0 Å². The summed E-state index contributed by atoms with van der Waals surface area (Å²) in [5, 5.41) is 9.76. The van der Waals surface area contributed by atoms with Gasteiger partial charge in [-0.15, -0.1) is 0 Å². The molecule has 0 amide bonds. The molecule has 30 heavy (non-hydrogen) atoms. The minimum absolute atomic E-state index is 0.0261. The number of ether oxygens (including phenoxy) is 4. The second-order valence-corrected chi connectivity index (χ2v) is 7.18. The molecule has 1 aromatic carbocycles. The van der Waals surface area contributed by atoms with E-state index in [4.69, 9.17) is 18.9 Å². The Morgan fingerprint density at radius 1 is 0.933 bits per heavy atom. The highest BCUT2D eigenvalue weighted by Crippen LogP contribution is 2.19. The van der Waals surface area contributed by atoms with Crippen molar-refractivity contribution in [2.45, 2.75) is 33.3 Å². The quantitative estimate of drug-likeness (QED) is 0.281. The summed E-state index contributed by atoms with van der Waals surface area (Å²) in [6, 6.07) is 4.81. The van der Waals surface area contributed by atoms with Gasteiger partial charge in [0.15, 0.2) is 0 Å². The fourth-order valence-electron chi connectivity index (χ4n) is 2.53. The molecule has 0 saturated heterocycles. The Morgan fingerprint density at radius 3 is 1.97 bits per heavy atom. The Balaban J connectivity index is 2.84. The number of benzene rings is 1. The highest BCUT2D eigenvalue weighted by molar-refractivity contribution is 6.04. The number of hydrogen-bond donors (Lipinski definition) is 1. The van der Waals surface area contributed by atoms with E-state index >= 15 is 0 Å². The summed E-state index contributed by atoms with van der Waals surface area (Å²) in [6.45, 7) is 14.0. The highest BCUT2D eigenvalue weighted by Gasteiger charge is 2.23. The van der Waals surface area contributed by atoms with Gasteiger partial charge in [0.25, 0.3) is 0 Å². The topological polar surface area (TPSA) is 91.3 Å².